The van der Waals surface area contributed by atoms with Crippen molar-refractivity contribution in [3.63, 3.8) is 0 Å². The quantitative estimate of drug-likeness (QED) is 0.845. The number of sulfonamides is 1. The third-order valence-electron chi connectivity index (χ3n) is 3.78. The molecule has 2 atom stereocenters. The van der Waals surface area contributed by atoms with Crippen molar-refractivity contribution in [2.75, 3.05) is 30.8 Å². The van der Waals surface area contributed by atoms with Gasteiger partial charge in [0, 0.05) is 29.4 Å². The Hall–Kier alpha value is -0.920. The lowest BCUT2D eigenvalue weighted by Gasteiger charge is -2.30. The minimum absolute atomic E-state index is 0.145. The summed E-state index contributed by atoms with van der Waals surface area (Å²) in [6, 6.07) is 5.37. The Morgan fingerprint density at radius 1 is 1.43 bits per heavy atom. The SMILES string of the molecule is Cc1cc(N)ccc1S(=O)CC1CCCN(S(C)(=O)=O)C1. The maximum absolute atomic E-state index is 12.5. The number of hydrogen-bond donors (Lipinski definition) is 1. The van der Waals surface area contributed by atoms with Gasteiger partial charge in [0.15, 0.2) is 0 Å². The lowest BCUT2D eigenvalue weighted by molar-refractivity contribution is 0.285. The molecular formula is C14H22N2O3S2. The van der Waals surface area contributed by atoms with Gasteiger partial charge in [0.05, 0.1) is 17.1 Å². The predicted octanol–water partition coefficient (Wildman–Crippen LogP) is 1.36. The van der Waals surface area contributed by atoms with Crippen LogP contribution in [-0.2, 0) is 20.8 Å². The molecule has 0 saturated carbocycles. The Labute approximate surface area is 129 Å². The summed E-state index contributed by atoms with van der Waals surface area (Å²) in [6.07, 6.45) is 2.98. The molecule has 0 spiro atoms. The van der Waals surface area contributed by atoms with E-state index < -0.39 is 20.8 Å². The molecule has 21 heavy (non-hydrogen) atoms. The molecule has 5 nitrogen and oxygen atoms in total. The fraction of sp³-hybridized carbons (Fsp3) is 0.571. The molecule has 2 unspecified atom stereocenters. The van der Waals surface area contributed by atoms with E-state index in [-0.39, 0.29) is 5.92 Å². The predicted molar refractivity (Wildman–Crippen MR) is 86.0 cm³/mol. The second-order valence-corrected chi connectivity index (χ2v) is 9.11. The van der Waals surface area contributed by atoms with Crippen molar-refractivity contribution < 1.29 is 12.6 Å². The second kappa shape index (κ2) is 6.46. The zero-order valence-electron chi connectivity index (χ0n) is 12.4. The lowest BCUT2D eigenvalue weighted by Crippen LogP contribution is -2.40. The highest BCUT2D eigenvalue weighted by atomic mass is 32.2. The number of benzene rings is 1. The average Bonchev–Trinajstić information content (AvgIpc) is 2.37. The van der Waals surface area contributed by atoms with E-state index in [1.165, 1.54) is 10.6 Å². The van der Waals surface area contributed by atoms with Crippen molar-refractivity contribution in [3.8, 4) is 0 Å². The van der Waals surface area contributed by atoms with Crippen molar-refractivity contribution in [1.29, 1.82) is 0 Å². The van der Waals surface area contributed by atoms with Crippen molar-refractivity contribution in [1.82, 2.24) is 4.31 Å². The van der Waals surface area contributed by atoms with Gasteiger partial charge in [-0.05, 0) is 49.4 Å². The molecule has 1 fully saturated rings. The molecule has 0 radical (unpaired) electrons. The number of aryl methyl sites for hydroxylation is 1. The van der Waals surface area contributed by atoms with Crippen molar-refractivity contribution >= 4 is 26.5 Å². The fourth-order valence-electron chi connectivity index (χ4n) is 2.70. The molecule has 0 bridgehead atoms. The van der Waals surface area contributed by atoms with Crippen LogP contribution in [0.5, 0.6) is 0 Å². The summed E-state index contributed by atoms with van der Waals surface area (Å²) in [4.78, 5) is 0.792. The summed E-state index contributed by atoms with van der Waals surface area (Å²) in [5.41, 5.74) is 7.29. The summed E-state index contributed by atoms with van der Waals surface area (Å²) in [5, 5.41) is 0. The Balaban J connectivity index is 2.05. The Kier molecular flexibility index (Phi) is 5.06. The first-order valence-electron chi connectivity index (χ1n) is 6.97. The number of nitrogen functional groups attached to an aromatic ring is 1. The van der Waals surface area contributed by atoms with E-state index in [9.17, 15) is 12.6 Å². The molecule has 2 N–H and O–H groups in total. The zero-order chi connectivity index (χ0) is 15.6. The molecular weight excluding hydrogens is 308 g/mol. The van der Waals surface area contributed by atoms with E-state index in [4.69, 9.17) is 5.73 Å². The van der Waals surface area contributed by atoms with Gasteiger partial charge < -0.3 is 5.73 Å². The first-order valence-corrected chi connectivity index (χ1v) is 10.1. The second-order valence-electron chi connectivity index (χ2n) is 5.67. The Bertz CT molecular complexity index is 644. The molecule has 1 heterocycles. The number of hydrogen-bond acceptors (Lipinski definition) is 4. The molecule has 0 aliphatic carbocycles. The molecule has 1 aromatic rings. The standard InChI is InChI=1S/C14H22N2O3S2/c1-11-8-13(15)5-6-14(11)20(17)10-12-4-3-7-16(9-12)21(2,18)19/h5-6,8,12H,3-4,7,9-10,15H2,1-2H3. The molecule has 1 aliphatic heterocycles. The average molecular weight is 330 g/mol. The molecule has 1 saturated heterocycles. The molecule has 2 rings (SSSR count). The number of nitrogens with two attached hydrogens (primary N) is 1. The topological polar surface area (TPSA) is 80.5 Å². The van der Waals surface area contributed by atoms with Crippen molar-refractivity contribution in [3.05, 3.63) is 23.8 Å². The molecule has 0 aromatic heterocycles. The number of nitrogens with zero attached hydrogens (tertiary/aromatic N) is 1. The van der Waals surface area contributed by atoms with Gasteiger partial charge in [0.25, 0.3) is 0 Å². The Morgan fingerprint density at radius 2 is 2.14 bits per heavy atom. The minimum atomic E-state index is -3.16. The summed E-state index contributed by atoms with van der Waals surface area (Å²) in [5.74, 6) is 0.641. The maximum Gasteiger partial charge on any atom is 0.211 e. The third-order valence-corrected chi connectivity index (χ3v) is 6.77. The molecule has 118 valence electrons. The van der Waals surface area contributed by atoms with E-state index in [0.717, 1.165) is 23.3 Å². The van der Waals surface area contributed by atoms with Crippen LogP contribution >= 0.6 is 0 Å². The van der Waals surface area contributed by atoms with Gasteiger partial charge in [0.2, 0.25) is 10.0 Å². The third kappa shape index (κ3) is 4.28. The van der Waals surface area contributed by atoms with Crippen LogP contribution in [0.2, 0.25) is 0 Å². The van der Waals surface area contributed by atoms with Crippen LogP contribution in [0.4, 0.5) is 5.69 Å². The Morgan fingerprint density at radius 3 is 2.76 bits per heavy atom. The van der Waals surface area contributed by atoms with E-state index in [0.29, 0.717) is 24.5 Å². The number of rotatable bonds is 4. The van der Waals surface area contributed by atoms with E-state index >= 15 is 0 Å². The van der Waals surface area contributed by atoms with E-state index in [2.05, 4.69) is 0 Å². The van der Waals surface area contributed by atoms with E-state index in [1.54, 1.807) is 12.1 Å². The summed E-state index contributed by atoms with van der Waals surface area (Å²) >= 11 is 0. The summed E-state index contributed by atoms with van der Waals surface area (Å²) in [6.45, 7) is 2.94. The van der Waals surface area contributed by atoms with Crippen molar-refractivity contribution in [2.24, 2.45) is 5.92 Å². The first kappa shape index (κ1) is 16.5. The maximum atomic E-state index is 12.5. The highest BCUT2D eigenvalue weighted by molar-refractivity contribution is 7.88. The van der Waals surface area contributed by atoms with Crippen molar-refractivity contribution in [2.45, 2.75) is 24.7 Å². The minimum Gasteiger partial charge on any atom is -0.399 e. The molecule has 1 aromatic carbocycles. The largest absolute Gasteiger partial charge is 0.399 e. The van der Waals surface area contributed by atoms with Gasteiger partial charge in [-0.1, -0.05) is 0 Å². The smallest absolute Gasteiger partial charge is 0.211 e. The highest BCUT2D eigenvalue weighted by Crippen LogP contribution is 2.23. The monoisotopic (exact) mass is 330 g/mol. The number of anilines is 1. The molecule has 7 heteroatoms. The van der Waals surface area contributed by atoms with E-state index in [1.807, 2.05) is 13.0 Å². The zero-order valence-corrected chi connectivity index (χ0v) is 14.0. The number of piperidine rings is 1. The van der Waals surface area contributed by atoms with Crippen LogP contribution in [0.1, 0.15) is 18.4 Å². The lowest BCUT2D eigenvalue weighted by atomic mass is 10.0. The highest BCUT2D eigenvalue weighted by Gasteiger charge is 2.27. The van der Waals surface area contributed by atoms with Crippen LogP contribution in [-0.4, -0.2) is 42.0 Å². The van der Waals surface area contributed by atoms with Gasteiger partial charge in [-0.2, -0.15) is 0 Å². The van der Waals surface area contributed by atoms with Crippen LogP contribution < -0.4 is 5.73 Å². The summed E-state index contributed by atoms with van der Waals surface area (Å²) < 4.78 is 37.2. The fourth-order valence-corrected chi connectivity index (χ4v) is 5.16. The first-order chi connectivity index (χ1) is 9.77. The van der Waals surface area contributed by atoms with Crippen LogP contribution in [0.25, 0.3) is 0 Å². The van der Waals surface area contributed by atoms with Gasteiger partial charge in [-0.3, -0.25) is 4.21 Å². The van der Waals surface area contributed by atoms with Gasteiger partial charge in [-0.15, -0.1) is 0 Å². The molecule has 0 amide bonds. The van der Waals surface area contributed by atoms with Gasteiger partial charge in [0.1, 0.15) is 0 Å². The van der Waals surface area contributed by atoms with Crippen LogP contribution in [0.3, 0.4) is 0 Å². The van der Waals surface area contributed by atoms with Gasteiger partial charge in [-0.25, -0.2) is 12.7 Å². The van der Waals surface area contributed by atoms with Crippen LogP contribution in [0, 0.1) is 12.8 Å². The van der Waals surface area contributed by atoms with Gasteiger partial charge >= 0.3 is 0 Å². The summed E-state index contributed by atoms with van der Waals surface area (Å²) in [7, 11) is -4.27. The normalized spacial score (nSPS) is 22.1. The van der Waals surface area contributed by atoms with Crippen LogP contribution in [0.15, 0.2) is 23.1 Å². The molecule has 1 aliphatic rings.